The Bertz CT molecular complexity index is 665. The van der Waals surface area contributed by atoms with E-state index in [1.54, 1.807) is 12.1 Å². The highest BCUT2D eigenvalue weighted by Crippen LogP contribution is 2.40. The topological polar surface area (TPSA) is 55.1 Å². The molecule has 1 saturated carbocycles. The van der Waals surface area contributed by atoms with E-state index >= 15 is 0 Å². The number of rotatable bonds is 3. The third kappa shape index (κ3) is 2.00. The molecule has 0 bridgehead atoms. The van der Waals surface area contributed by atoms with Crippen molar-refractivity contribution in [3.05, 3.63) is 29.6 Å². The van der Waals surface area contributed by atoms with Gasteiger partial charge in [-0.3, -0.25) is 0 Å². The van der Waals surface area contributed by atoms with E-state index < -0.39 is 5.97 Å². The van der Waals surface area contributed by atoms with Crippen molar-refractivity contribution in [2.24, 2.45) is 0 Å². The molecule has 0 radical (unpaired) electrons. The molecule has 1 aromatic carbocycles. The molecule has 1 heterocycles. The van der Waals surface area contributed by atoms with Gasteiger partial charge in [0.1, 0.15) is 5.82 Å². The number of carboxylic acids is 1. The molecule has 5 heteroatoms. The lowest BCUT2D eigenvalue weighted by Gasteiger charge is -2.22. The van der Waals surface area contributed by atoms with Crippen LogP contribution in [0.25, 0.3) is 11.0 Å². The number of thioether (sulfide) groups is 1. The molecule has 1 aromatic heterocycles. The first-order chi connectivity index (χ1) is 9.63. The van der Waals surface area contributed by atoms with E-state index in [2.05, 4.69) is 15.8 Å². The molecular formula is C15H18N2O2S. The highest BCUT2D eigenvalue weighted by atomic mass is 32.2. The van der Waals surface area contributed by atoms with Crippen LogP contribution in [0, 0.1) is 6.92 Å². The number of para-hydroxylation sites is 1. The van der Waals surface area contributed by atoms with Gasteiger partial charge in [-0.1, -0.05) is 12.5 Å². The van der Waals surface area contributed by atoms with Crippen LogP contribution in [0.1, 0.15) is 41.5 Å². The molecule has 0 aliphatic heterocycles. The highest BCUT2D eigenvalue weighted by Gasteiger charge is 2.31. The summed E-state index contributed by atoms with van der Waals surface area (Å²) >= 11 is 1.87. The van der Waals surface area contributed by atoms with Crippen LogP contribution in [0.15, 0.2) is 18.2 Å². The van der Waals surface area contributed by atoms with Crippen LogP contribution in [0.5, 0.6) is 0 Å². The Morgan fingerprint density at radius 2 is 2.25 bits per heavy atom. The van der Waals surface area contributed by atoms with Crippen LogP contribution in [0.2, 0.25) is 0 Å². The van der Waals surface area contributed by atoms with Gasteiger partial charge >= 0.3 is 5.97 Å². The van der Waals surface area contributed by atoms with E-state index in [1.165, 1.54) is 12.8 Å². The molecule has 106 valence electrons. The standard InChI is InChI=1S/C15H18N2O2S/c1-9-16-11-6-3-5-10(15(18)19)14(11)17(9)12-7-4-8-13(12)20-2/h3,5-6,12-13H,4,7-8H2,1-2H3,(H,18,19). The summed E-state index contributed by atoms with van der Waals surface area (Å²) in [7, 11) is 0. The molecule has 1 fully saturated rings. The Kier molecular flexibility index (Phi) is 3.46. The van der Waals surface area contributed by atoms with Crippen LogP contribution in [0.4, 0.5) is 0 Å². The number of aromatic carboxylic acids is 1. The molecule has 4 nitrogen and oxygen atoms in total. The summed E-state index contributed by atoms with van der Waals surface area (Å²) in [5.74, 6) is 0.0371. The normalized spacial score (nSPS) is 22.5. The van der Waals surface area contributed by atoms with Gasteiger partial charge in [0.25, 0.3) is 0 Å². The lowest BCUT2D eigenvalue weighted by atomic mass is 10.1. The first kappa shape index (κ1) is 13.5. The molecule has 0 saturated heterocycles. The van der Waals surface area contributed by atoms with Gasteiger partial charge in [0.15, 0.2) is 0 Å². The van der Waals surface area contributed by atoms with Crippen LogP contribution < -0.4 is 0 Å². The Hall–Kier alpha value is -1.49. The largest absolute Gasteiger partial charge is 0.478 e. The summed E-state index contributed by atoms with van der Waals surface area (Å²) in [5.41, 5.74) is 1.92. The molecule has 0 spiro atoms. The summed E-state index contributed by atoms with van der Waals surface area (Å²) < 4.78 is 2.16. The van der Waals surface area contributed by atoms with Gasteiger partial charge < -0.3 is 9.67 Å². The maximum absolute atomic E-state index is 11.5. The molecule has 1 aliphatic rings. The average molecular weight is 290 g/mol. The highest BCUT2D eigenvalue weighted by molar-refractivity contribution is 7.99. The number of nitrogens with zero attached hydrogens (tertiary/aromatic N) is 2. The number of fused-ring (bicyclic) bond motifs is 1. The first-order valence-corrected chi connectivity index (χ1v) is 8.16. The van der Waals surface area contributed by atoms with Crippen LogP contribution in [0.3, 0.4) is 0 Å². The molecule has 2 atom stereocenters. The summed E-state index contributed by atoms with van der Waals surface area (Å²) in [6, 6.07) is 5.69. The molecule has 2 unspecified atom stereocenters. The number of carbonyl (C=O) groups is 1. The number of hydrogen-bond donors (Lipinski definition) is 1. The number of benzene rings is 1. The Morgan fingerprint density at radius 3 is 2.95 bits per heavy atom. The fourth-order valence-corrected chi connectivity index (χ4v) is 4.29. The molecule has 1 aliphatic carbocycles. The number of carboxylic acid groups (broad SMARTS) is 1. The third-order valence-electron chi connectivity index (χ3n) is 4.17. The number of hydrogen-bond acceptors (Lipinski definition) is 3. The van der Waals surface area contributed by atoms with Gasteiger partial charge in [-0.15, -0.1) is 0 Å². The Morgan fingerprint density at radius 1 is 1.45 bits per heavy atom. The van der Waals surface area contributed by atoms with Crippen LogP contribution >= 0.6 is 11.8 Å². The van der Waals surface area contributed by atoms with Crippen molar-refractivity contribution in [2.75, 3.05) is 6.26 Å². The van der Waals surface area contributed by atoms with E-state index in [4.69, 9.17) is 0 Å². The predicted molar refractivity (Wildman–Crippen MR) is 81.6 cm³/mol. The summed E-state index contributed by atoms with van der Waals surface area (Å²) in [6.07, 6.45) is 5.63. The lowest BCUT2D eigenvalue weighted by Crippen LogP contribution is -2.18. The van der Waals surface area contributed by atoms with Gasteiger partial charge in [-0.25, -0.2) is 9.78 Å². The van der Waals surface area contributed by atoms with Crippen molar-refractivity contribution in [3.63, 3.8) is 0 Å². The second-order valence-corrected chi connectivity index (χ2v) is 6.36. The monoisotopic (exact) mass is 290 g/mol. The van der Waals surface area contributed by atoms with Crippen molar-refractivity contribution >= 4 is 28.8 Å². The van der Waals surface area contributed by atoms with Gasteiger partial charge in [0.05, 0.1) is 16.6 Å². The Balaban J connectivity index is 2.24. The van der Waals surface area contributed by atoms with E-state index in [0.29, 0.717) is 16.9 Å². The van der Waals surface area contributed by atoms with Crippen molar-refractivity contribution in [2.45, 2.75) is 37.5 Å². The zero-order chi connectivity index (χ0) is 14.3. The molecule has 0 amide bonds. The van der Waals surface area contributed by atoms with Crippen LogP contribution in [-0.2, 0) is 0 Å². The van der Waals surface area contributed by atoms with Crippen molar-refractivity contribution in [3.8, 4) is 0 Å². The average Bonchev–Trinajstić information content (AvgIpc) is 2.99. The summed E-state index contributed by atoms with van der Waals surface area (Å²) in [5, 5.41) is 9.99. The predicted octanol–water partition coefficient (Wildman–Crippen LogP) is 3.50. The van der Waals surface area contributed by atoms with E-state index in [-0.39, 0.29) is 0 Å². The van der Waals surface area contributed by atoms with E-state index in [1.807, 2.05) is 24.8 Å². The number of aromatic nitrogens is 2. The fraction of sp³-hybridized carbons (Fsp3) is 0.467. The first-order valence-electron chi connectivity index (χ1n) is 6.87. The minimum Gasteiger partial charge on any atom is -0.478 e. The van der Waals surface area contributed by atoms with Gasteiger partial charge in [-0.2, -0.15) is 11.8 Å². The molecular weight excluding hydrogens is 272 g/mol. The smallest absolute Gasteiger partial charge is 0.337 e. The summed E-state index contributed by atoms with van der Waals surface area (Å²) in [6.45, 7) is 1.97. The molecule has 20 heavy (non-hydrogen) atoms. The second-order valence-electron chi connectivity index (χ2n) is 5.28. The summed E-state index contributed by atoms with van der Waals surface area (Å²) in [4.78, 5) is 16.1. The lowest BCUT2D eigenvalue weighted by molar-refractivity contribution is 0.0698. The van der Waals surface area contributed by atoms with Crippen molar-refractivity contribution < 1.29 is 9.90 Å². The molecule has 3 rings (SSSR count). The second kappa shape index (κ2) is 5.13. The minimum atomic E-state index is -0.879. The number of imidazole rings is 1. The number of aryl methyl sites for hydroxylation is 1. The zero-order valence-corrected chi connectivity index (χ0v) is 12.5. The van der Waals surface area contributed by atoms with Gasteiger partial charge in [-0.05, 0) is 38.2 Å². The fourth-order valence-electron chi connectivity index (χ4n) is 3.32. The van der Waals surface area contributed by atoms with Crippen molar-refractivity contribution in [1.82, 2.24) is 9.55 Å². The molecule has 1 N–H and O–H groups in total. The minimum absolute atomic E-state index is 0.356. The maximum atomic E-state index is 11.5. The maximum Gasteiger partial charge on any atom is 0.337 e. The SMILES string of the molecule is CSC1CCCC1n1c(C)nc2cccc(C(=O)O)c21. The van der Waals surface area contributed by atoms with Gasteiger partial charge in [0.2, 0.25) is 0 Å². The quantitative estimate of drug-likeness (QED) is 0.940. The van der Waals surface area contributed by atoms with E-state index in [9.17, 15) is 9.90 Å². The third-order valence-corrected chi connectivity index (χ3v) is 5.32. The van der Waals surface area contributed by atoms with E-state index in [0.717, 1.165) is 23.3 Å². The van der Waals surface area contributed by atoms with Gasteiger partial charge in [0, 0.05) is 11.3 Å². The Labute approximate surface area is 122 Å². The van der Waals surface area contributed by atoms with Crippen molar-refractivity contribution in [1.29, 1.82) is 0 Å². The van der Waals surface area contributed by atoms with Crippen LogP contribution in [-0.4, -0.2) is 32.1 Å². The molecule has 2 aromatic rings. The zero-order valence-electron chi connectivity index (χ0n) is 11.7.